The molecule has 1 rings (SSSR count). The van der Waals surface area contributed by atoms with Crippen molar-refractivity contribution in [2.24, 2.45) is 5.92 Å². The van der Waals surface area contributed by atoms with Gasteiger partial charge in [-0.15, -0.1) is 0 Å². The zero-order chi connectivity index (χ0) is 12.3. The highest BCUT2D eigenvalue weighted by molar-refractivity contribution is 5.89. The lowest BCUT2D eigenvalue weighted by molar-refractivity contribution is -0.144. The summed E-state index contributed by atoms with van der Waals surface area (Å²) in [5.74, 6) is 0.192. The van der Waals surface area contributed by atoms with Gasteiger partial charge in [0.1, 0.15) is 5.60 Å². The molecule has 1 fully saturated rings. The van der Waals surface area contributed by atoms with Crippen molar-refractivity contribution in [3.63, 3.8) is 0 Å². The Labute approximate surface area is 96.9 Å². The van der Waals surface area contributed by atoms with Gasteiger partial charge in [0.05, 0.1) is 5.84 Å². The molecular weight excluding hydrogens is 204 g/mol. The Morgan fingerprint density at radius 3 is 2.69 bits per heavy atom. The second kappa shape index (κ2) is 4.95. The summed E-state index contributed by atoms with van der Waals surface area (Å²) in [4.78, 5) is 11.9. The van der Waals surface area contributed by atoms with E-state index in [9.17, 15) is 9.90 Å². The van der Waals surface area contributed by atoms with Crippen LogP contribution in [0.3, 0.4) is 0 Å². The fraction of sp³-hybridized carbons (Fsp3) is 0.833. The van der Waals surface area contributed by atoms with E-state index in [0.29, 0.717) is 18.7 Å². The number of ketones is 1. The van der Waals surface area contributed by atoms with Crippen molar-refractivity contribution < 1.29 is 9.90 Å². The maximum atomic E-state index is 11.9. The summed E-state index contributed by atoms with van der Waals surface area (Å²) < 4.78 is 0. The summed E-state index contributed by atoms with van der Waals surface area (Å²) >= 11 is 0. The lowest BCUT2D eigenvalue weighted by Gasteiger charge is -2.37. The van der Waals surface area contributed by atoms with Gasteiger partial charge in [0.2, 0.25) is 0 Å². The molecule has 1 aliphatic carbocycles. The maximum Gasteiger partial charge on any atom is 0.166 e. The Kier molecular flexibility index (Phi) is 4.08. The number of hydrogen-bond donors (Lipinski definition) is 3. The van der Waals surface area contributed by atoms with E-state index in [0.717, 1.165) is 12.8 Å². The molecule has 0 bridgehead atoms. The van der Waals surface area contributed by atoms with Gasteiger partial charge in [0.25, 0.3) is 0 Å². The van der Waals surface area contributed by atoms with Gasteiger partial charge >= 0.3 is 0 Å². The molecule has 0 aromatic carbocycles. The number of Topliss-reactive ketones (excluding diaryl/α,β-unsaturated/α-hetero) is 1. The van der Waals surface area contributed by atoms with Crippen LogP contribution in [0.4, 0.5) is 0 Å². The number of carbonyl (C=O) groups excluding carboxylic acids is 1. The molecule has 0 spiro atoms. The van der Waals surface area contributed by atoms with Gasteiger partial charge in [0, 0.05) is 18.4 Å². The first kappa shape index (κ1) is 13.2. The third-order valence-corrected chi connectivity index (χ3v) is 3.13. The van der Waals surface area contributed by atoms with E-state index in [1.807, 2.05) is 13.8 Å². The summed E-state index contributed by atoms with van der Waals surface area (Å²) in [5.41, 5.74) is -1.18. The Morgan fingerprint density at radius 2 is 2.19 bits per heavy atom. The third kappa shape index (κ3) is 3.04. The fourth-order valence-corrected chi connectivity index (χ4v) is 2.44. The Bertz CT molecular complexity index is 289. The van der Waals surface area contributed by atoms with Crippen molar-refractivity contribution in [3.05, 3.63) is 0 Å². The molecule has 92 valence electrons. The highest BCUT2D eigenvalue weighted by atomic mass is 16.3. The molecule has 0 amide bonds. The molecule has 0 radical (unpaired) electrons. The van der Waals surface area contributed by atoms with Crippen LogP contribution < -0.4 is 5.32 Å². The quantitative estimate of drug-likeness (QED) is 0.504. The molecule has 4 heteroatoms. The van der Waals surface area contributed by atoms with E-state index in [2.05, 4.69) is 5.32 Å². The first-order valence-electron chi connectivity index (χ1n) is 5.93. The topological polar surface area (TPSA) is 73.2 Å². The zero-order valence-electron chi connectivity index (χ0n) is 10.3. The number of hydrogen-bond acceptors (Lipinski definition) is 3. The van der Waals surface area contributed by atoms with Crippen LogP contribution in [0.1, 0.15) is 46.5 Å². The number of aliphatic hydroxyl groups is 1. The molecule has 0 aromatic rings. The van der Waals surface area contributed by atoms with E-state index in [-0.39, 0.29) is 17.7 Å². The first-order chi connectivity index (χ1) is 7.35. The smallest absolute Gasteiger partial charge is 0.166 e. The van der Waals surface area contributed by atoms with E-state index in [4.69, 9.17) is 5.41 Å². The van der Waals surface area contributed by atoms with Crippen molar-refractivity contribution in [1.29, 1.82) is 5.41 Å². The van der Waals surface area contributed by atoms with Crippen LogP contribution in [0.5, 0.6) is 0 Å². The minimum Gasteiger partial charge on any atom is -0.382 e. The molecule has 3 N–H and O–H groups in total. The molecule has 1 saturated carbocycles. The van der Waals surface area contributed by atoms with Crippen molar-refractivity contribution in [2.75, 3.05) is 0 Å². The predicted molar refractivity (Wildman–Crippen MR) is 63.6 cm³/mol. The van der Waals surface area contributed by atoms with Gasteiger partial charge in [-0.25, -0.2) is 0 Å². The largest absolute Gasteiger partial charge is 0.382 e. The SMILES string of the molecule is CC(=N)NC1CCCC(O)(C(=O)C(C)C)C1. The number of carbonyl (C=O) groups is 1. The second-order valence-corrected chi connectivity index (χ2v) is 5.11. The minimum absolute atomic E-state index is 0.0546. The summed E-state index contributed by atoms with van der Waals surface area (Å²) in [6.07, 6.45) is 2.74. The highest BCUT2D eigenvalue weighted by Crippen LogP contribution is 2.31. The average molecular weight is 226 g/mol. The normalized spacial score (nSPS) is 30.2. The van der Waals surface area contributed by atoms with Crippen LogP contribution in [-0.4, -0.2) is 28.4 Å². The van der Waals surface area contributed by atoms with Crippen LogP contribution >= 0.6 is 0 Å². The number of amidine groups is 1. The zero-order valence-corrected chi connectivity index (χ0v) is 10.3. The molecule has 4 nitrogen and oxygen atoms in total. The van der Waals surface area contributed by atoms with Crippen LogP contribution in [0.15, 0.2) is 0 Å². The standard InChI is InChI=1S/C12H22N2O2/c1-8(2)11(15)12(16)6-4-5-10(7-12)14-9(3)13/h8,10,16H,4-7H2,1-3H3,(H2,13,14). The van der Waals surface area contributed by atoms with Crippen molar-refractivity contribution in [3.8, 4) is 0 Å². The molecule has 0 aromatic heterocycles. The van der Waals surface area contributed by atoms with E-state index in [1.54, 1.807) is 6.92 Å². The third-order valence-electron chi connectivity index (χ3n) is 3.13. The lowest BCUT2D eigenvalue weighted by Crippen LogP contribution is -2.50. The van der Waals surface area contributed by atoms with Gasteiger partial charge in [-0.1, -0.05) is 13.8 Å². The molecule has 0 aliphatic heterocycles. The molecule has 16 heavy (non-hydrogen) atoms. The molecule has 1 aliphatic rings. The Morgan fingerprint density at radius 1 is 1.56 bits per heavy atom. The number of rotatable bonds is 3. The van der Waals surface area contributed by atoms with E-state index >= 15 is 0 Å². The van der Waals surface area contributed by atoms with Crippen LogP contribution in [-0.2, 0) is 4.79 Å². The Balaban J connectivity index is 2.67. The first-order valence-corrected chi connectivity index (χ1v) is 5.93. The van der Waals surface area contributed by atoms with Crippen LogP contribution in [0.2, 0.25) is 0 Å². The summed E-state index contributed by atoms with van der Waals surface area (Å²) in [6, 6.07) is 0.0546. The summed E-state index contributed by atoms with van der Waals surface area (Å²) in [5, 5.41) is 20.7. The number of nitrogens with one attached hydrogen (secondary N) is 2. The average Bonchev–Trinajstić information content (AvgIpc) is 2.15. The van der Waals surface area contributed by atoms with Crippen molar-refractivity contribution in [1.82, 2.24) is 5.32 Å². The molecular formula is C12H22N2O2. The fourth-order valence-electron chi connectivity index (χ4n) is 2.44. The van der Waals surface area contributed by atoms with Gasteiger partial charge < -0.3 is 10.4 Å². The molecule has 0 saturated heterocycles. The molecule has 2 atom stereocenters. The van der Waals surface area contributed by atoms with Gasteiger partial charge in [0.15, 0.2) is 5.78 Å². The lowest BCUT2D eigenvalue weighted by atomic mass is 9.76. The highest BCUT2D eigenvalue weighted by Gasteiger charge is 2.41. The van der Waals surface area contributed by atoms with Gasteiger partial charge in [-0.3, -0.25) is 10.2 Å². The van der Waals surface area contributed by atoms with Crippen molar-refractivity contribution in [2.45, 2.75) is 58.1 Å². The van der Waals surface area contributed by atoms with E-state index in [1.165, 1.54) is 0 Å². The summed E-state index contributed by atoms with van der Waals surface area (Å²) in [7, 11) is 0. The van der Waals surface area contributed by atoms with Crippen molar-refractivity contribution >= 4 is 11.6 Å². The second-order valence-electron chi connectivity index (χ2n) is 5.11. The monoisotopic (exact) mass is 226 g/mol. The maximum absolute atomic E-state index is 11.9. The molecule has 2 unspecified atom stereocenters. The van der Waals surface area contributed by atoms with Gasteiger partial charge in [-0.2, -0.15) is 0 Å². The summed E-state index contributed by atoms with van der Waals surface area (Å²) in [6.45, 7) is 5.32. The van der Waals surface area contributed by atoms with Crippen LogP contribution in [0.25, 0.3) is 0 Å². The van der Waals surface area contributed by atoms with Crippen LogP contribution in [0, 0.1) is 11.3 Å². The van der Waals surface area contributed by atoms with E-state index < -0.39 is 5.60 Å². The Hall–Kier alpha value is -0.900. The van der Waals surface area contributed by atoms with Gasteiger partial charge in [-0.05, 0) is 26.2 Å². The molecule has 0 heterocycles. The minimum atomic E-state index is -1.18. The predicted octanol–water partition coefficient (Wildman–Crippen LogP) is 1.47.